The van der Waals surface area contributed by atoms with Gasteiger partial charge in [0.15, 0.2) is 6.23 Å². The first-order valence-electron chi connectivity index (χ1n) is 8.42. The van der Waals surface area contributed by atoms with Gasteiger partial charge in [-0.25, -0.2) is 0 Å². The first-order chi connectivity index (χ1) is 11.8. The van der Waals surface area contributed by atoms with E-state index in [4.69, 9.17) is 4.74 Å². The quantitative estimate of drug-likeness (QED) is 0.548. The van der Waals surface area contributed by atoms with Crippen LogP contribution in [0.3, 0.4) is 0 Å². The highest BCUT2D eigenvalue weighted by Crippen LogP contribution is 2.25. The zero-order chi connectivity index (χ0) is 16.8. The maximum absolute atomic E-state index is 6.21. The minimum atomic E-state index is -0.0385. The SMILES string of the molecule is CCN(c1ccccc1)C(C)Oc1cccc(-c2ccccc2)c1. The van der Waals surface area contributed by atoms with Crippen LogP contribution in [0, 0.1) is 0 Å². The molecule has 3 aromatic carbocycles. The fourth-order valence-corrected chi connectivity index (χ4v) is 2.91. The average Bonchev–Trinajstić information content (AvgIpc) is 2.64. The molecule has 0 aliphatic rings. The number of nitrogens with zero attached hydrogens (tertiary/aromatic N) is 1. The van der Waals surface area contributed by atoms with Crippen LogP contribution in [0.4, 0.5) is 5.69 Å². The second kappa shape index (κ2) is 7.69. The summed E-state index contributed by atoms with van der Waals surface area (Å²) in [5.74, 6) is 0.887. The van der Waals surface area contributed by atoms with E-state index in [1.165, 1.54) is 16.8 Å². The van der Waals surface area contributed by atoms with Crippen LogP contribution in [0.1, 0.15) is 13.8 Å². The topological polar surface area (TPSA) is 12.5 Å². The van der Waals surface area contributed by atoms with Crippen molar-refractivity contribution in [3.8, 4) is 16.9 Å². The minimum Gasteiger partial charge on any atom is -0.471 e. The van der Waals surface area contributed by atoms with Crippen molar-refractivity contribution < 1.29 is 4.74 Å². The molecular formula is C22H23NO. The van der Waals surface area contributed by atoms with Crippen LogP contribution < -0.4 is 9.64 Å². The van der Waals surface area contributed by atoms with Gasteiger partial charge in [0.05, 0.1) is 0 Å². The standard InChI is InChI=1S/C22H23NO/c1-3-23(21-14-8-5-9-15-21)18(2)24-22-16-10-13-20(17-22)19-11-6-4-7-12-19/h4-18H,3H2,1-2H3. The van der Waals surface area contributed by atoms with Crippen LogP contribution in [0.5, 0.6) is 5.75 Å². The molecule has 0 saturated carbocycles. The predicted octanol–water partition coefficient (Wildman–Crippen LogP) is 5.60. The third-order valence-corrected chi connectivity index (χ3v) is 4.12. The lowest BCUT2D eigenvalue weighted by atomic mass is 10.1. The Bertz CT molecular complexity index is 755. The molecule has 0 bridgehead atoms. The van der Waals surface area contributed by atoms with Crippen molar-refractivity contribution in [1.29, 1.82) is 0 Å². The summed E-state index contributed by atoms with van der Waals surface area (Å²) in [5.41, 5.74) is 3.54. The van der Waals surface area contributed by atoms with Gasteiger partial charge in [0, 0.05) is 12.2 Å². The monoisotopic (exact) mass is 317 g/mol. The summed E-state index contributed by atoms with van der Waals surface area (Å²) in [5, 5.41) is 0. The van der Waals surface area contributed by atoms with Crippen LogP contribution in [0.25, 0.3) is 11.1 Å². The van der Waals surface area contributed by atoms with Gasteiger partial charge >= 0.3 is 0 Å². The Hall–Kier alpha value is -2.74. The molecule has 0 aliphatic heterocycles. The van der Waals surface area contributed by atoms with Gasteiger partial charge < -0.3 is 9.64 Å². The van der Waals surface area contributed by atoms with Crippen molar-refractivity contribution in [2.45, 2.75) is 20.1 Å². The van der Waals surface area contributed by atoms with Crippen LogP contribution in [0.2, 0.25) is 0 Å². The summed E-state index contributed by atoms with van der Waals surface area (Å²) >= 11 is 0. The van der Waals surface area contributed by atoms with E-state index in [-0.39, 0.29) is 6.23 Å². The van der Waals surface area contributed by atoms with Gasteiger partial charge in [-0.2, -0.15) is 0 Å². The van der Waals surface area contributed by atoms with E-state index in [2.05, 4.69) is 79.4 Å². The number of rotatable bonds is 6. The first-order valence-corrected chi connectivity index (χ1v) is 8.42. The second-order valence-corrected chi connectivity index (χ2v) is 5.73. The lowest BCUT2D eigenvalue weighted by Crippen LogP contribution is -2.37. The molecule has 3 aromatic rings. The van der Waals surface area contributed by atoms with E-state index in [0.717, 1.165) is 12.3 Å². The number of benzene rings is 3. The van der Waals surface area contributed by atoms with Gasteiger partial charge in [0.2, 0.25) is 0 Å². The summed E-state index contributed by atoms with van der Waals surface area (Å²) < 4.78 is 6.21. The molecule has 0 spiro atoms. The van der Waals surface area contributed by atoms with Crippen molar-refractivity contribution in [3.63, 3.8) is 0 Å². The molecule has 1 atom stereocenters. The number of para-hydroxylation sites is 1. The Morgan fingerprint density at radius 2 is 1.42 bits per heavy atom. The molecule has 2 heteroatoms. The average molecular weight is 317 g/mol. The third-order valence-electron chi connectivity index (χ3n) is 4.12. The maximum Gasteiger partial charge on any atom is 0.169 e. The van der Waals surface area contributed by atoms with Crippen LogP contribution in [-0.4, -0.2) is 12.8 Å². The molecular weight excluding hydrogens is 294 g/mol. The van der Waals surface area contributed by atoms with E-state index in [9.17, 15) is 0 Å². The summed E-state index contributed by atoms with van der Waals surface area (Å²) in [6.45, 7) is 5.13. The molecule has 122 valence electrons. The van der Waals surface area contributed by atoms with Crippen molar-refractivity contribution in [3.05, 3.63) is 84.9 Å². The van der Waals surface area contributed by atoms with Crippen molar-refractivity contribution >= 4 is 5.69 Å². The molecule has 0 saturated heterocycles. The molecule has 0 radical (unpaired) electrons. The summed E-state index contributed by atoms with van der Waals surface area (Å²) in [7, 11) is 0. The lowest BCUT2D eigenvalue weighted by Gasteiger charge is -2.30. The molecule has 1 unspecified atom stereocenters. The summed E-state index contributed by atoms with van der Waals surface area (Å²) in [4.78, 5) is 2.25. The van der Waals surface area contributed by atoms with Gasteiger partial charge in [-0.05, 0) is 49.2 Å². The zero-order valence-corrected chi connectivity index (χ0v) is 14.2. The Kier molecular flexibility index (Phi) is 5.17. The molecule has 2 nitrogen and oxygen atoms in total. The molecule has 0 aliphatic carbocycles. The normalized spacial score (nSPS) is 11.8. The minimum absolute atomic E-state index is 0.0385. The van der Waals surface area contributed by atoms with Gasteiger partial charge in [-0.15, -0.1) is 0 Å². The maximum atomic E-state index is 6.21. The predicted molar refractivity (Wildman–Crippen MR) is 101 cm³/mol. The molecule has 0 heterocycles. The number of anilines is 1. The van der Waals surface area contributed by atoms with Crippen LogP contribution in [0.15, 0.2) is 84.9 Å². The molecule has 0 amide bonds. The largest absolute Gasteiger partial charge is 0.471 e. The lowest BCUT2D eigenvalue weighted by molar-refractivity contribution is 0.216. The Labute approximate surface area is 144 Å². The van der Waals surface area contributed by atoms with E-state index in [1.807, 2.05) is 24.3 Å². The smallest absolute Gasteiger partial charge is 0.169 e. The van der Waals surface area contributed by atoms with E-state index in [1.54, 1.807) is 0 Å². The van der Waals surface area contributed by atoms with Gasteiger partial charge in [-0.1, -0.05) is 60.7 Å². The molecule has 24 heavy (non-hydrogen) atoms. The van der Waals surface area contributed by atoms with Crippen molar-refractivity contribution in [2.75, 3.05) is 11.4 Å². The van der Waals surface area contributed by atoms with Crippen molar-refractivity contribution in [2.24, 2.45) is 0 Å². The Morgan fingerprint density at radius 1 is 0.792 bits per heavy atom. The van der Waals surface area contributed by atoms with Crippen LogP contribution >= 0.6 is 0 Å². The van der Waals surface area contributed by atoms with Gasteiger partial charge in [0.25, 0.3) is 0 Å². The van der Waals surface area contributed by atoms with Gasteiger partial charge in [0.1, 0.15) is 5.75 Å². The number of hydrogen-bond acceptors (Lipinski definition) is 2. The summed E-state index contributed by atoms with van der Waals surface area (Å²) in [6, 6.07) is 29.0. The number of ether oxygens (including phenoxy) is 1. The third kappa shape index (κ3) is 3.77. The highest BCUT2D eigenvalue weighted by molar-refractivity contribution is 5.64. The molecule has 0 fully saturated rings. The molecule has 3 rings (SSSR count). The highest BCUT2D eigenvalue weighted by atomic mass is 16.5. The van der Waals surface area contributed by atoms with E-state index in [0.29, 0.717) is 0 Å². The fourth-order valence-electron chi connectivity index (χ4n) is 2.91. The summed E-state index contributed by atoms with van der Waals surface area (Å²) in [6.07, 6.45) is -0.0385. The molecule has 0 N–H and O–H groups in total. The highest BCUT2D eigenvalue weighted by Gasteiger charge is 2.14. The molecule has 0 aromatic heterocycles. The Morgan fingerprint density at radius 3 is 2.08 bits per heavy atom. The first kappa shape index (κ1) is 16.1. The second-order valence-electron chi connectivity index (χ2n) is 5.73. The van der Waals surface area contributed by atoms with Gasteiger partial charge in [-0.3, -0.25) is 0 Å². The fraction of sp³-hybridized carbons (Fsp3) is 0.182. The van der Waals surface area contributed by atoms with Crippen molar-refractivity contribution in [1.82, 2.24) is 0 Å². The van der Waals surface area contributed by atoms with E-state index >= 15 is 0 Å². The van der Waals surface area contributed by atoms with Crippen LogP contribution in [-0.2, 0) is 0 Å². The Balaban J connectivity index is 1.78. The number of hydrogen-bond donors (Lipinski definition) is 0. The van der Waals surface area contributed by atoms with E-state index < -0.39 is 0 Å². The zero-order valence-electron chi connectivity index (χ0n) is 14.2.